The molecule has 0 aromatic heterocycles. The third-order valence-corrected chi connectivity index (χ3v) is 11.0. The Balaban J connectivity index is 1.74. The van der Waals surface area contributed by atoms with Crippen molar-refractivity contribution in [3.05, 3.63) is 11.0 Å². The molecule has 7 atom stereocenters. The fourth-order valence-corrected chi connectivity index (χ4v) is 8.90. The van der Waals surface area contributed by atoms with Crippen LogP contribution in [0.3, 0.4) is 0 Å². The largest absolute Gasteiger partial charge is 0.348 e. The van der Waals surface area contributed by atoms with Crippen LogP contribution in [-0.4, -0.2) is 36.2 Å². The van der Waals surface area contributed by atoms with Gasteiger partial charge in [0.05, 0.1) is 7.28 Å². The van der Waals surface area contributed by atoms with Gasteiger partial charge >= 0.3 is 0 Å². The molecule has 0 spiro atoms. The van der Waals surface area contributed by atoms with Gasteiger partial charge in [-0.15, -0.1) is 11.8 Å². The number of thioether (sulfide) groups is 2. The first kappa shape index (κ1) is 16.5. The smallest absolute Gasteiger partial charge is 0.0822 e. The van der Waals surface area contributed by atoms with Gasteiger partial charge in [0.15, 0.2) is 0 Å². The van der Waals surface area contributed by atoms with Gasteiger partial charge in [0.2, 0.25) is 0 Å². The predicted octanol–water partition coefficient (Wildman–Crippen LogP) is 5.37. The Morgan fingerprint density at radius 2 is 2.05 bits per heavy atom. The van der Waals surface area contributed by atoms with E-state index < -0.39 is 7.28 Å². The summed E-state index contributed by atoms with van der Waals surface area (Å²) in [5.74, 6) is 5.74. The van der Waals surface area contributed by atoms with Gasteiger partial charge in [-0.05, 0) is 48.1 Å². The van der Waals surface area contributed by atoms with E-state index in [1.54, 1.807) is 12.0 Å². The van der Waals surface area contributed by atoms with Gasteiger partial charge in [0.25, 0.3) is 0 Å². The fraction of sp³-hybridized carbons (Fsp3) is 0.875. The van der Waals surface area contributed by atoms with E-state index in [0.717, 1.165) is 28.8 Å². The molecule has 1 N–H and O–H groups in total. The van der Waals surface area contributed by atoms with Crippen LogP contribution in [0.1, 0.15) is 26.7 Å². The second-order valence-corrected chi connectivity index (χ2v) is 12.8. The monoisotopic (exact) mass is 345 g/mol. The van der Waals surface area contributed by atoms with Crippen LogP contribution >= 0.6 is 30.8 Å². The van der Waals surface area contributed by atoms with Crippen LogP contribution in [0, 0.1) is 28.8 Å². The summed E-state index contributed by atoms with van der Waals surface area (Å²) in [5.41, 5.74) is 0.457. The number of rotatable bonds is 3. The minimum absolute atomic E-state index is 0.457. The van der Waals surface area contributed by atoms with E-state index >= 15 is 0 Å². The number of hydrogen-bond donors (Lipinski definition) is 1. The Labute approximate surface area is 138 Å². The molecule has 21 heavy (non-hydrogen) atoms. The molecule has 0 amide bonds. The molecular weight excluding hydrogens is 317 g/mol. The molecule has 3 rings (SSSR count). The van der Waals surface area contributed by atoms with E-state index in [2.05, 4.69) is 31.7 Å². The minimum Gasteiger partial charge on any atom is -0.348 e. The Bertz CT molecular complexity index is 481. The van der Waals surface area contributed by atoms with E-state index in [1.165, 1.54) is 18.6 Å². The standard InChI is InChI=1S/C16H28NOPS2/c1-10-5-14-11(2)15(14)7-16(21-10)12-6-13(9-20-8-12)19(4,17)18-3/h7,10-15,17H,5-6,8-9H2,1-4H3. The molecule has 7 unspecified atom stereocenters. The number of fused-ring (bicyclic) bond motifs is 1. The van der Waals surface area contributed by atoms with Crippen molar-refractivity contribution in [2.75, 3.05) is 25.3 Å². The normalized spacial score (nSPS) is 46.0. The average molecular weight is 346 g/mol. The highest BCUT2D eigenvalue weighted by Gasteiger charge is 2.47. The number of hydrogen-bond acceptors (Lipinski definition) is 4. The van der Waals surface area contributed by atoms with E-state index in [9.17, 15) is 0 Å². The third-order valence-electron chi connectivity index (χ3n) is 5.60. The van der Waals surface area contributed by atoms with Crippen molar-refractivity contribution >= 4 is 30.8 Å². The Hall–Kier alpha value is 0.630. The van der Waals surface area contributed by atoms with Gasteiger partial charge < -0.3 is 4.52 Å². The molecule has 3 aliphatic rings. The molecule has 1 saturated heterocycles. The maximum atomic E-state index is 8.49. The van der Waals surface area contributed by atoms with E-state index in [-0.39, 0.29) is 0 Å². The van der Waals surface area contributed by atoms with Crippen LogP contribution in [-0.2, 0) is 4.52 Å². The Morgan fingerprint density at radius 1 is 1.29 bits per heavy atom. The summed E-state index contributed by atoms with van der Waals surface area (Å²) in [6.45, 7) is 6.86. The summed E-state index contributed by atoms with van der Waals surface area (Å²) in [7, 11) is -0.208. The molecule has 0 bridgehead atoms. The minimum atomic E-state index is -1.94. The second-order valence-electron chi connectivity index (χ2n) is 7.13. The zero-order chi connectivity index (χ0) is 15.2. The summed E-state index contributed by atoms with van der Waals surface area (Å²) in [6, 6.07) is 0. The zero-order valence-corrected chi connectivity index (χ0v) is 16.1. The van der Waals surface area contributed by atoms with E-state index in [0.29, 0.717) is 11.6 Å². The first-order valence-corrected chi connectivity index (χ1v) is 12.3. The maximum Gasteiger partial charge on any atom is 0.0822 e. The molecule has 2 aliphatic heterocycles. The first-order chi connectivity index (χ1) is 9.92. The van der Waals surface area contributed by atoms with Crippen molar-refractivity contribution in [1.29, 1.82) is 5.16 Å². The summed E-state index contributed by atoms with van der Waals surface area (Å²) in [4.78, 5) is 1.65. The molecule has 2 nitrogen and oxygen atoms in total. The van der Waals surface area contributed by atoms with Gasteiger partial charge in [-0.2, -0.15) is 11.8 Å². The fourth-order valence-electron chi connectivity index (χ4n) is 3.85. The topological polar surface area (TPSA) is 33.1 Å². The second kappa shape index (κ2) is 6.26. The highest BCUT2D eigenvalue weighted by molar-refractivity contribution is 8.03. The van der Waals surface area contributed by atoms with Crippen LogP contribution in [0.5, 0.6) is 0 Å². The first-order valence-electron chi connectivity index (χ1n) is 8.05. The predicted molar refractivity (Wildman–Crippen MR) is 97.7 cm³/mol. The highest BCUT2D eigenvalue weighted by Crippen LogP contribution is 2.58. The average Bonchev–Trinajstić information content (AvgIpc) is 3.11. The lowest BCUT2D eigenvalue weighted by Gasteiger charge is -2.35. The van der Waals surface area contributed by atoms with E-state index in [1.807, 2.05) is 18.4 Å². The summed E-state index contributed by atoms with van der Waals surface area (Å²) >= 11 is 4.17. The van der Waals surface area contributed by atoms with Gasteiger partial charge in [-0.25, -0.2) is 0 Å². The molecule has 5 heteroatoms. The van der Waals surface area contributed by atoms with Crippen LogP contribution in [0.4, 0.5) is 0 Å². The summed E-state index contributed by atoms with van der Waals surface area (Å²) in [5, 5.41) is 9.25. The van der Waals surface area contributed by atoms with Gasteiger partial charge in [-0.1, -0.05) is 19.9 Å². The molecule has 1 aliphatic carbocycles. The summed E-state index contributed by atoms with van der Waals surface area (Å²) < 4.78 is 5.54. The Kier molecular flexibility index (Phi) is 4.92. The lowest BCUT2D eigenvalue weighted by Crippen LogP contribution is -2.25. The highest BCUT2D eigenvalue weighted by atomic mass is 32.2. The lowest BCUT2D eigenvalue weighted by atomic mass is 10.0. The number of allylic oxidation sites excluding steroid dienone is 2. The van der Waals surface area contributed by atoms with Crippen molar-refractivity contribution in [2.45, 2.75) is 37.6 Å². The SMILES string of the molecule is COP(C)(=N)C1CSCC(C2=CC3C(C)C3CC(C)S2)C1. The van der Waals surface area contributed by atoms with Crippen LogP contribution in [0.2, 0.25) is 0 Å². The zero-order valence-electron chi connectivity index (χ0n) is 13.5. The molecular formula is C16H28NOPS2. The van der Waals surface area contributed by atoms with Crippen LogP contribution < -0.4 is 0 Å². The van der Waals surface area contributed by atoms with Crippen molar-refractivity contribution in [3.63, 3.8) is 0 Å². The van der Waals surface area contributed by atoms with E-state index in [4.69, 9.17) is 9.69 Å². The molecule has 2 fully saturated rings. The number of nitrogens with one attached hydrogen (secondary N) is 1. The lowest BCUT2D eigenvalue weighted by molar-refractivity contribution is 0.438. The van der Waals surface area contributed by atoms with Gasteiger partial charge in [-0.3, -0.25) is 5.16 Å². The van der Waals surface area contributed by atoms with Gasteiger partial charge in [0, 0.05) is 29.5 Å². The van der Waals surface area contributed by atoms with Crippen molar-refractivity contribution < 1.29 is 4.52 Å². The molecule has 0 radical (unpaired) electrons. The van der Waals surface area contributed by atoms with Crippen molar-refractivity contribution in [1.82, 2.24) is 0 Å². The summed E-state index contributed by atoms with van der Waals surface area (Å²) in [6.07, 6.45) is 5.18. The maximum absolute atomic E-state index is 8.49. The molecule has 1 saturated carbocycles. The van der Waals surface area contributed by atoms with Crippen LogP contribution in [0.15, 0.2) is 11.0 Å². The molecule has 0 aromatic rings. The van der Waals surface area contributed by atoms with Crippen LogP contribution in [0.25, 0.3) is 0 Å². The quantitative estimate of drug-likeness (QED) is 0.698. The van der Waals surface area contributed by atoms with Gasteiger partial charge in [0.1, 0.15) is 0 Å². The van der Waals surface area contributed by atoms with Crippen molar-refractivity contribution in [3.8, 4) is 0 Å². The third kappa shape index (κ3) is 3.44. The molecule has 0 aromatic carbocycles. The van der Waals surface area contributed by atoms with Crippen molar-refractivity contribution in [2.24, 2.45) is 23.7 Å². The molecule has 2 heterocycles. The molecule has 120 valence electrons. The Morgan fingerprint density at radius 3 is 2.76 bits per heavy atom.